The lowest BCUT2D eigenvalue weighted by atomic mass is 10.1. The Bertz CT molecular complexity index is 894. The van der Waals surface area contributed by atoms with Crippen molar-refractivity contribution in [1.29, 1.82) is 0 Å². The molecule has 2 aromatic rings. The van der Waals surface area contributed by atoms with Crippen molar-refractivity contribution < 1.29 is 18.0 Å². The van der Waals surface area contributed by atoms with Crippen LogP contribution in [0.5, 0.6) is 0 Å². The van der Waals surface area contributed by atoms with Gasteiger partial charge in [-0.25, -0.2) is 12.7 Å². The number of sulfonamides is 1. The van der Waals surface area contributed by atoms with Gasteiger partial charge in [0.05, 0.1) is 11.4 Å². The van der Waals surface area contributed by atoms with Gasteiger partial charge in [-0.1, -0.05) is 24.3 Å². The van der Waals surface area contributed by atoms with Crippen LogP contribution in [0.1, 0.15) is 16.8 Å². The van der Waals surface area contributed by atoms with Gasteiger partial charge in [-0.15, -0.1) is 0 Å². The van der Waals surface area contributed by atoms with Crippen molar-refractivity contribution in [3.05, 3.63) is 60.2 Å². The minimum absolute atomic E-state index is 0.0373. The van der Waals surface area contributed by atoms with Crippen molar-refractivity contribution in [2.45, 2.75) is 6.42 Å². The van der Waals surface area contributed by atoms with Crippen LogP contribution in [-0.2, 0) is 14.8 Å². The van der Waals surface area contributed by atoms with Crippen LogP contribution in [0.2, 0.25) is 0 Å². The molecule has 1 heterocycles. The molecule has 3 rings (SSSR count). The van der Waals surface area contributed by atoms with E-state index in [2.05, 4.69) is 0 Å². The molecule has 0 saturated carbocycles. The van der Waals surface area contributed by atoms with Gasteiger partial charge in [0, 0.05) is 24.7 Å². The molecule has 0 aliphatic carbocycles. The molecule has 0 unspecified atom stereocenters. The highest BCUT2D eigenvalue weighted by Gasteiger charge is 2.36. The maximum atomic E-state index is 12.6. The first-order chi connectivity index (χ1) is 11.4. The Balaban J connectivity index is 1.94. The van der Waals surface area contributed by atoms with Gasteiger partial charge < -0.3 is 4.90 Å². The van der Waals surface area contributed by atoms with E-state index < -0.39 is 15.9 Å². The predicted molar refractivity (Wildman–Crippen MR) is 91.5 cm³/mol. The van der Waals surface area contributed by atoms with E-state index in [9.17, 15) is 18.0 Å². The summed E-state index contributed by atoms with van der Waals surface area (Å²) in [6, 6.07) is 15.2. The zero-order valence-electron chi connectivity index (χ0n) is 13.0. The fourth-order valence-electron chi connectivity index (χ4n) is 2.60. The molecule has 0 N–H and O–H groups in total. The molecule has 1 fully saturated rings. The molecule has 0 bridgehead atoms. The van der Waals surface area contributed by atoms with Crippen molar-refractivity contribution in [2.24, 2.45) is 0 Å². The van der Waals surface area contributed by atoms with Crippen LogP contribution in [0.25, 0.3) is 0 Å². The van der Waals surface area contributed by atoms with E-state index in [1.54, 1.807) is 31.3 Å². The number of carbonyl (C=O) groups excluding carboxylic acids is 2. The smallest absolute Gasteiger partial charge is 0.258 e. The van der Waals surface area contributed by atoms with Gasteiger partial charge in [0.25, 0.3) is 5.91 Å². The lowest BCUT2D eigenvalue weighted by Crippen LogP contribution is -2.30. The van der Waals surface area contributed by atoms with Crippen LogP contribution >= 0.6 is 0 Å². The summed E-state index contributed by atoms with van der Waals surface area (Å²) in [6.07, 6.45) is -0.0373. The molecule has 124 valence electrons. The number of carbonyl (C=O) groups is 2. The molecule has 1 saturated heterocycles. The summed E-state index contributed by atoms with van der Waals surface area (Å²) in [5, 5.41) is 0. The van der Waals surface area contributed by atoms with Gasteiger partial charge in [0.1, 0.15) is 0 Å². The second-order valence-corrected chi connectivity index (χ2v) is 7.41. The molecular formula is C17H16N2O4S. The number of amides is 2. The maximum absolute atomic E-state index is 12.6. The Morgan fingerprint density at radius 1 is 1.08 bits per heavy atom. The van der Waals surface area contributed by atoms with Crippen molar-refractivity contribution in [1.82, 2.24) is 0 Å². The van der Waals surface area contributed by atoms with E-state index in [1.165, 1.54) is 17.0 Å². The molecule has 0 atom stereocenters. The molecule has 0 aromatic heterocycles. The lowest BCUT2D eigenvalue weighted by molar-refractivity contribution is -0.116. The molecule has 6 nitrogen and oxygen atoms in total. The zero-order valence-corrected chi connectivity index (χ0v) is 13.9. The molecule has 24 heavy (non-hydrogen) atoms. The van der Waals surface area contributed by atoms with Gasteiger partial charge in [-0.3, -0.25) is 9.59 Å². The topological polar surface area (TPSA) is 74.8 Å². The summed E-state index contributed by atoms with van der Waals surface area (Å²) in [6.45, 7) is 0. The normalized spacial score (nSPS) is 16.2. The lowest BCUT2D eigenvalue weighted by Gasteiger charge is -2.19. The molecular weight excluding hydrogens is 328 g/mol. The van der Waals surface area contributed by atoms with E-state index in [4.69, 9.17) is 0 Å². The third-order valence-corrected chi connectivity index (χ3v) is 5.55. The highest BCUT2D eigenvalue weighted by molar-refractivity contribution is 7.94. The summed E-state index contributed by atoms with van der Waals surface area (Å²) >= 11 is 0. The summed E-state index contributed by atoms with van der Waals surface area (Å²) in [5.41, 5.74) is 1.23. The van der Waals surface area contributed by atoms with E-state index in [1.807, 2.05) is 18.2 Å². The Kier molecular flexibility index (Phi) is 4.11. The maximum Gasteiger partial charge on any atom is 0.258 e. The standard InChI is InChI=1S/C17H16N2O4S/c1-18(14-7-3-2-4-8-14)17(21)13-6-5-9-15(12-13)19-16(20)10-11-24(19,22)23/h2-9,12H,10-11H2,1H3. The highest BCUT2D eigenvalue weighted by Crippen LogP contribution is 2.26. The second-order valence-electron chi connectivity index (χ2n) is 5.47. The number of nitrogens with zero attached hydrogens (tertiary/aromatic N) is 2. The van der Waals surface area contributed by atoms with Gasteiger partial charge in [0.15, 0.2) is 0 Å². The van der Waals surface area contributed by atoms with Crippen LogP contribution in [0.15, 0.2) is 54.6 Å². The second kappa shape index (κ2) is 6.09. The molecule has 0 spiro atoms. The molecule has 2 aromatic carbocycles. The summed E-state index contributed by atoms with van der Waals surface area (Å²) < 4.78 is 24.8. The van der Waals surface area contributed by atoms with Gasteiger partial charge in [-0.2, -0.15) is 0 Å². The Labute approximate surface area is 140 Å². The van der Waals surface area contributed by atoms with Gasteiger partial charge in [0.2, 0.25) is 15.9 Å². The average Bonchev–Trinajstić information content (AvgIpc) is 2.87. The number of para-hydroxylation sites is 1. The monoisotopic (exact) mass is 344 g/mol. The number of anilines is 2. The first-order valence-electron chi connectivity index (χ1n) is 7.39. The SMILES string of the molecule is CN(C(=O)c1cccc(N2C(=O)CCS2(=O)=O)c1)c1ccccc1. The predicted octanol–water partition coefficient (Wildman–Crippen LogP) is 2.03. The summed E-state index contributed by atoms with van der Waals surface area (Å²) in [7, 11) is -2.00. The Hall–Kier alpha value is -2.67. The van der Waals surface area contributed by atoms with Crippen LogP contribution in [-0.4, -0.2) is 33.0 Å². The highest BCUT2D eigenvalue weighted by atomic mass is 32.2. The fraction of sp³-hybridized carbons (Fsp3) is 0.176. The number of rotatable bonds is 3. The average molecular weight is 344 g/mol. The third kappa shape index (κ3) is 2.90. The fourth-order valence-corrected chi connectivity index (χ4v) is 4.05. The van der Waals surface area contributed by atoms with E-state index in [0.29, 0.717) is 5.56 Å². The Morgan fingerprint density at radius 2 is 1.79 bits per heavy atom. The molecule has 1 aliphatic heterocycles. The quantitative estimate of drug-likeness (QED) is 0.854. The number of hydrogen-bond acceptors (Lipinski definition) is 4. The van der Waals surface area contributed by atoms with Crippen molar-refractivity contribution >= 4 is 33.2 Å². The first-order valence-corrected chi connectivity index (χ1v) is 9.00. The third-order valence-electron chi connectivity index (χ3n) is 3.85. The largest absolute Gasteiger partial charge is 0.311 e. The van der Waals surface area contributed by atoms with E-state index in [-0.39, 0.29) is 23.8 Å². The molecule has 1 aliphatic rings. The number of hydrogen-bond donors (Lipinski definition) is 0. The van der Waals surface area contributed by atoms with Crippen LogP contribution < -0.4 is 9.21 Å². The van der Waals surface area contributed by atoms with Crippen LogP contribution in [0.4, 0.5) is 11.4 Å². The minimum atomic E-state index is -3.65. The molecule has 7 heteroatoms. The summed E-state index contributed by atoms with van der Waals surface area (Å²) in [4.78, 5) is 26.0. The van der Waals surface area contributed by atoms with Crippen molar-refractivity contribution in [3.63, 3.8) is 0 Å². The minimum Gasteiger partial charge on any atom is -0.311 e. The van der Waals surface area contributed by atoms with E-state index >= 15 is 0 Å². The van der Waals surface area contributed by atoms with E-state index in [0.717, 1.165) is 9.99 Å². The van der Waals surface area contributed by atoms with Crippen LogP contribution in [0.3, 0.4) is 0 Å². The van der Waals surface area contributed by atoms with Crippen molar-refractivity contribution in [3.8, 4) is 0 Å². The Morgan fingerprint density at radius 3 is 2.42 bits per heavy atom. The van der Waals surface area contributed by atoms with Crippen LogP contribution in [0, 0.1) is 0 Å². The zero-order chi connectivity index (χ0) is 17.3. The van der Waals surface area contributed by atoms with Crippen molar-refractivity contribution in [2.75, 3.05) is 22.0 Å². The molecule has 2 amide bonds. The first kappa shape index (κ1) is 16.2. The van der Waals surface area contributed by atoms with Gasteiger partial charge >= 0.3 is 0 Å². The molecule has 0 radical (unpaired) electrons. The van der Waals surface area contributed by atoms with Gasteiger partial charge in [-0.05, 0) is 30.3 Å². The number of benzene rings is 2. The summed E-state index contributed by atoms with van der Waals surface area (Å²) in [5.74, 6) is -0.961.